The minimum atomic E-state index is -3.28. The number of carbonyl (C=O) groups excluding carboxylic acids is 2. The number of anilines is 2. The second-order valence-electron chi connectivity index (χ2n) is 5.05. The van der Waals surface area contributed by atoms with Crippen LogP contribution in [0.3, 0.4) is 0 Å². The molecule has 0 unspecified atom stereocenters. The molecule has 0 atom stereocenters. The van der Waals surface area contributed by atoms with Gasteiger partial charge in [-0.25, -0.2) is 8.42 Å². The predicted octanol–water partition coefficient (Wildman–Crippen LogP) is 0.610. The standard InChI is InChI=1S/C14H19N3O4S/c1-3-15-13(18)14(19)16-12-9-11(6-5-10(12)2)17-7-4-8-22(17,20)21/h5-6,9H,3-4,7-8H2,1-2H3,(H,15,18)(H,16,19). The maximum Gasteiger partial charge on any atom is 0.313 e. The molecule has 1 aromatic carbocycles. The molecule has 1 fully saturated rings. The second kappa shape index (κ2) is 6.35. The average Bonchev–Trinajstić information content (AvgIpc) is 2.81. The van der Waals surface area contributed by atoms with Crippen LogP contribution in [0.5, 0.6) is 0 Å². The summed E-state index contributed by atoms with van der Waals surface area (Å²) < 4.78 is 25.2. The number of likely N-dealkylation sites (N-methyl/N-ethyl adjacent to an activating group) is 1. The van der Waals surface area contributed by atoms with Gasteiger partial charge in [-0.1, -0.05) is 6.07 Å². The Morgan fingerprint density at radius 2 is 2.00 bits per heavy atom. The van der Waals surface area contributed by atoms with Crippen LogP contribution in [0.15, 0.2) is 18.2 Å². The molecule has 0 aliphatic carbocycles. The van der Waals surface area contributed by atoms with Crippen LogP contribution < -0.4 is 14.9 Å². The van der Waals surface area contributed by atoms with Crippen LogP contribution >= 0.6 is 0 Å². The molecular weight excluding hydrogens is 306 g/mol. The van der Waals surface area contributed by atoms with Crippen LogP contribution in [-0.2, 0) is 19.6 Å². The maximum absolute atomic E-state index is 11.9. The molecule has 22 heavy (non-hydrogen) atoms. The van der Waals surface area contributed by atoms with Gasteiger partial charge in [-0.15, -0.1) is 0 Å². The molecule has 1 aliphatic rings. The zero-order chi connectivity index (χ0) is 16.3. The van der Waals surface area contributed by atoms with Crippen molar-refractivity contribution < 1.29 is 18.0 Å². The molecule has 1 heterocycles. The van der Waals surface area contributed by atoms with Gasteiger partial charge in [0.2, 0.25) is 10.0 Å². The normalized spacial score (nSPS) is 16.4. The maximum atomic E-state index is 11.9. The molecule has 0 saturated carbocycles. The van der Waals surface area contributed by atoms with E-state index < -0.39 is 21.8 Å². The molecule has 120 valence electrons. The number of aryl methyl sites for hydroxylation is 1. The smallest absolute Gasteiger partial charge is 0.313 e. The van der Waals surface area contributed by atoms with E-state index in [4.69, 9.17) is 0 Å². The molecule has 0 radical (unpaired) electrons. The van der Waals surface area contributed by atoms with Gasteiger partial charge in [-0.2, -0.15) is 0 Å². The Hall–Kier alpha value is -2.09. The molecular formula is C14H19N3O4S. The molecule has 8 heteroatoms. The van der Waals surface area contributed by atoms with E-state index in [9.17, 15) is 18.0 Å². The van der Waals surface area contributed by atoms with Gasteiger partial charge in [0.05, 0.1) is 11.4 Å². The van der Waals surface area contributed by atoms with Gasteiger partial charge < -0.3 is 10.6 Å². The number of hydrogen-bond donors (Lipinski definition) is 2. The highest BCUT2D eigenvalue weighted by molar-refractivity contribution is 7.93. The van der Waals surface area contributed by atoms with Gasteiger partial charge in [-0.3, -0.25) is 13.9 Å². The van der Waals surface area contributed by atoms with Crippen molar-refractivity contribution in [1.29, 1.82) is 0 Å². The van der Waals surface area contributed by atoms with E-state index >= 15 is 0 Å². The Labute approximate surface area is 129 Å². The Morgan fingerprint density at radius 1 is 1.27 bits per heavy atom. The average molecular weight is 325 g/mol. The lowest BCUT2D eigenvalue weighted by molar-refractivity contribution is -0.136. The first-order valence-electron chi connectivity index (χ1n) is 7.05. The summed E-state index contributed by atoms with van der Waals surface area (Å²) in [6, 6.07) is 4.99. The molecule has 2 N–H and O–H groups in total. The number of benzene rings is 1. The second-order valence-corrected chi connectivity index (χ2v) is 7.07. The Bertz CT molecular complexity index is 700. The van der Waals surface area contributed by atoms with Crippen LogP contribution in [0.4, 0.5) is 11.4 Å². The number of nitrogens with one attached hydrogen (secondary N) is 2. The van der Waals surface area contributed by atoms with Gasteiger partial charge in [0.25, 0.3) is 0 Å². The fourth-order valence-electron chi connectivity index (χ4n) is 2.25. The van der Waals surface area contributed by atoms with Crippen molar-refractivity contribution in [3.63, 3.8) is 0 Å². The summed E-state index contributed by atoms with van der Waals surface area (Å²) >= 11 is 0. The lowest BCUT2D eigenvalue weighted by atomic mass is 10.1. The summed E-state index contributed by atoms with van der Waals surface area (Å²) in [4.78, 5) is 23.2. The Kier molecular flexibility index (Phi) is 4.70. The first kappa shape index (κ1) is 16.3. The van der Waals surface area contributed by atoms with E-state index in [1.165, 1.54) is 4.31 Å². The van der Waals surface area contributed by atoms with Crippen molar-refractivity contribution >= 4 is 33.2 Å². The number of rotatable bonds is 3. The predicted molar refractivity (Wildman–Crippen MR) is 84.2 cm³/mol. The lowest BCUT2D eigenvalue weighted by Crippen LogP contribution is -2.35. The minimum absolute atomic E-state index is 0.126. The summed E-state index contributed by atoms with van der Waals surface area (Å²) in [7, 11) is -3.28. The highest BCUT2D eigenvalue weighted by Crippen LogP contribution is 2.28. The molecule has 0 aromatic heterocycles. The van der Waals surface area contributed by atoms with Gasteiger partial charge in [-0.05, 0) is 38.0 Å². The lowest BCUT2D eigenvalue weighted by Gasteiger charge is -2.19. The van der Waals surface area contributed by atoms with E-state index in [0.29, 0.717) is 30.9 Å². The number of amides is 2. The number of nitrogens with zero attached hydrogens (tertiary/aromatic N) is 1. The third kappa shape index (κ3) is 3.38. The van der Waals surface area contributed by atoms with Gasteiger partial charge in [0, 0.05) is 18.8 Å². The van der Waals surface area contributed by atoms with Crippen LogP contribution in [0.1, 0.15) is 18.9 Å². The van der Waals surface area contributed by atoms with E-state index in [1.54, 1.807) is 32.0 Å². The summed E-state index contributed by atoms with van der Waals surface area (Å²) in [6.07, 6.45) is 0.580. The molecule has 1 aliphatic heterocycles. The molecule has 1 saturated heterocycles. The monoisotopic (exact) mass is 325 g/mol. The van der Waals surface area contributed by atoms with Crippen molar-refractivity contribution in [3.8, 4) is 0 Å². The summed E-state index contributed by atoms with van der Waals surface area (Å²) in [5, 5.41) is 4.92. The van der Waals surface area contributed by atoms with Crippen LogP contribution in [-0.4, -0.2) is 39.1 Å². The molecule has 1 aromatic rings. The number of sulfonamides is 1. The fourth-order valence-corrected chi connectivity index (χ4v) is 3.81. The third-order valence-electron chi connectivity index (χ3n) is 3.40. The van der Waals surface area contributed by atoms with Crippen molar-refractivity contribution in [3.05, 3.63) is 23.8 Å². The van der Waals surface area contributed by atoms with Crippen LogP contribution in [0.25, 0.3) is 0 Å². The van der Waals surface area contributed by atoms with E-state index in [-0.39, 0.29) is 5.75 Å². The van der Waals surface area contributed by atoms with Gasteiger partial charge in [0.1, 0.15) is 0 Å². The largest absolute Gasteiger partial charge is 0.348 e. The highest BCUT2D eigenvalue weighted by atomic mass is 32.2. The molecule has 7 nitrogen and oxygen atoms in total. The van der Waals surface area contributed by atoms with E-state index in [2.05, 4.69) is 10.6 Å². The third-order valence-corrected chi connectivity index (χ3v) is 5.27. The van der Waals surface area contributed by atoms with Crippen molar-refractivity contribution in [2.24, 2.45) is 0 Å². The van der Waals surface area contributed by atoms with Crippen molar-refractivity contribution in [1.82, 2.24) is 5.32 Å². The topological polar surface area (TPSA) is 95.6 Å². The van der Waals surface area contributed by atoms with Gasteiger partial charge >= 0.3 is 11.8 Å². The molecule has 2 amide bonds. The quantitative estimate of drug-likeness (QED) is 0.796. The summed E-state index contributed by atoms with van der Waals surface area (Å²) in [5.41, 5.74) is 1.67. The summed E-state index contributed by atoms with van der Waals surface area (Å²) in [5.74, 6) is -1.37. The van der Waals surface area contributed by atoms with E-state index in [0.717, 1.165) is 5.56 Å². The number of hydrogen-bond acceptors (Lipinski definition) is 4. The fraction of sp³-hybridized carbons (Fsp3) is 0.429. The van der Waals surface area contributed by atoms with Gasteiger partial charge in [0.15, 0.2) is 0 Å². The zero-order valence-corrected chi connectivity index (χ0v) is 13.4. The molecule has 2 rings (SSSR count). The van der Waals surface area contributed by atoms with Crippen molar-refractivity contribution in [2.75, 3.05) is 28.5 Å². The highest BCUT2D eigenvalue weighted by Gasteiger charge is 2.28. The summed E-state index contributed by atoms with van der Waals surface area (Å²) in [6.45, 7) is 4.28. The zero-order valence-electron chi connectivity index (χ0n) is 12.5. The van der Waals surface area contributed by atoms with E-state index in [1.807, 2.05) is 0 Å². The molecule has 0 bridgehead atoms. The van der Waals surface area contributed by atoms with Crippen LogP contribution in [0.2, 0.25) is 0 Å². The van der Waals surface area contributed by atoms with Crippen molar-refractivity contribution in [2.45, 2.75) is 20.3 Å². The minimum Gasteiger partial charge on any atom is -0.348 e. The Morgan fingerprint density at radius 3 is 2.59 bits per heavy atom. The SMILES string of the molecule is CCNC(=O)C(=O)Nc1cc(N2CCCS2(=O)=O)ccc1C. The number of carbonyl (C=O) groups is 2. The van der Waals surface area contributed by atoms with Crippen LogP contribution in [0, 0.1) is 6.92 Å². The molecule has 0 spiro atoms. The first-order valence-corrected chi connectivity index (χ1v) is 8.66. The first-order chi connectivity index (χ1) is 10.3. The Balaban J connectivity index is 2.24.